The summed E-state index contributed by atoms with van der Waals surface area (Å²) < 4.78 is 26.2. The van der Waals surface area contributed by atoms with Crippen LogP contribution in [0.5, 0.6) is 0 Å². The number of nitrogens with one attached hydrogen (secondary N) is 2. The Hall–Kier alpha value is -1.27. The standard InChI is InChI=1S/C12H21N3O2S/c1-4-9(3)15-12-8-10(6-7-11(12)13)18(16,17)14-5-2/h6-9,14-15H,4-5,13H2,1-3H3. The Morgan fingerprint density at radius 2 is 2.00 bits per heavy atom. The predicted molar refractivity (Wildman–Crippen MR) is 75.1 cm³/mol. The Kier molecular flexibility index (Phi) is 4.98. The molecule has 0 saturated heterocycles. The van der Waals surface area contributed by atoms with Crippen molar-refractivity contribution in [2.24, 2.45) is 0 Å². The molecule has 1 aromatic carbocycles. The maximum absolute atomic E-state index is 11.9. The molecule has 102 valence electrons. The van der Waals surface area contributed by atoms with Gasteiger partial charge in [-0.25, -0.2) is 13.1 Å². The van der Waals surface area contributed by atoms with Gasteiger partial charge in [-0.2, -0.15) is 0 Å². The van der Waals surface area contributed by atoms with Crippen LogP contribution >= 0.6 is 0 Å². The minimum Gasteiger partial charge on any atom is -0.397 e. The zero-order valence-corrected chi connectivity index (χ0v) is 11.8. The van der Waals surface area contributed by atoms with E-state index in [1.54, 1.807) is 19.1 Å². The van der Waals surface area contributed by atoms with Gasteiger partial charge in [-0.1, -0.05) is 13.8 Å². The quantitative estimate of drug-likeness (QED) is 0.689. The second-order valence-corrected chi connectivity index (χ2v) is 5.97. The van der Waals surface area contributed by atoms with Crippen LogP contribution in [0.25, 0.3) is 0 Å². The average Bonchev–Trinajstić information content (AvgIpc) is 2.31. The molecule has 0 aliphatic heterocycles. The number of benzene rings is 1. The Labute approximate surface area is 109 Å². The number of hydrogen-bond donors (Lipinski definition) is 3. The van der Waals surface area contributed by atoms with E-state index in [2.05, 4.69) is 10.0 Å². The smallest absolute Gasteiger partial charge is 0.240 e. The first kappa shape index (κ1) is 14.8. The summed E-state index contributed by atoms with van der Waals surface area (Å²) in [6.07, 6.45) is 0.934. The summed E-state index contributed by atoms with van der Waals surface area (Å²) in [6, 6.07) is 4.92. The molecular weight excluding hydrogens is 250 g/mol. The fraction of sp³-hybridized carbons (Fsp3) is 0.500. The Morgan fingerprint density at radius 3 is 2.56 bits per heavy atom. The second-order valence-electron chi connectivity index (χ2n) is 4.20. The summed E-state index contributed by atoms with van der Waals surface area (Å²) in [4.78, 5) is 0.226. The van der Waals surface area contributed by atoms with Crippen molar-refractivity contribution < 1.29 is 8.42 Å². The third-order valence-electron chi connectivity index (χ3n) is 2.68. The van der Waals surface area contributed by atoms with E-state index >= 15 is 0 Å². The average molecular weight is 271 g/mol. The molecule has 0 saturated carbocycles. The molecule has 0 spiro atoms. The summed E-state index contributed by atoms with van der Waals surface area (Å²) in [7, 11) is -3.44. The van der Waals surface area contributed by atoms with Crippen molar-refractivity contribution in [1.82, 2.24) is 4.72 Å². The molecule has 0 heterocycles. The monoisotopic (exact) mass is 271 g/mol. The Bertz CT molecular complexity index is 500. The van der Waals surface area contributed by atoms with Crippen molar-refractivity contribution in [3.8, 4) is 0 Å². The molecule has 4 N–H and O–H groups in total. The maximum Gasteiger partial charge on any atom is 0.240 e. The minimum atomic E-state index is -3.44. The lowest BCUT2D eigenvalue weighted by Gasteiger charge is -2.16. The molecule has 0 bridgehead atoms. The van der Waals surface area contributed by atoms with Gasteiger partial charge < -0.3 is 11.1 Å². The minimum absolute atomic E-state index is 0.226. The number of anilines is 2. The SMILES string of the molecule is CCNS(=O)(=O)c1ccc(N)c(NC(C)CC)c1. The molecule has 0 aromatic heterocycles. The zero-order valence-electron chi connectivity index (χ0n) is 11.0. The van der Waals surface area contributed by atoms with Gasteiger partial charge in [0.15, 0.2) is 0 Å². The summed E-state index contributed by atoms with van der Waals surface area (Å²) in [5.74, 6) is 0. The van der Waals surface area contributed by atoms with Crippen molar-refractivity contribution in [1.29, 1.82) is 0 Å². The topological polar surface area (TPSA) is 84.2 Å². The number of nitrogens with two attached hydrogens (primary N) is 1. The van der Waals surface area contributed by atoms with E-state index in [1.165, 1.54) is 6.07 Å². The lowest BCUT2D eigenvalue weighted by atomic mass is 10.2. The molecule has 0 amide bonds. The molecule has 5 nitrogen and oxygen atoms in total. The molecule has 1 unspecified atom stereocenters. The summed E-state index contributed by atoms with van der Waals surface area (Å²) >= 11 is 0. The van der Waals surface area contributed by atoms with Crippen molar-refractivity contribution >= 4 is 21.4 Å². The van der Waals surface area contributed by atoms with Gasteiger partial charge in [-0.05, 0) is 31.5 Å². The number of nitrogen functional groups attached to an aromatic ring is 1. The number of hydrogen-bond acceptors (Lipinski definition) is 4. The van der Waals surface area contributed by atoms with Gasteiger partial charge >= 0.3 is 0 Å². The summed E-state index contributed by atoms with van der Waals surface area (Å²) in [5.41, 5.74) is 7.03. The number of sulfonamides is 1. The Balaban J connectivity index is 3.08. The van der Waals surface area contributed by atoms with Gasteiger partial charge in [0.2, 0.25) is 10.0 Å². The van der Waals surface area contributed by atoms with Gasteiger partial charge in [0, 0.05) is 12.6 Å². The van der Waals surface area contributed by atoms with Gasteiger partial charge in [0.25, 0.3) is 0 Å². The van der Waals surface area contributed by atoms with Gasteiger partial charge in [-0.15, -0.1) is 0 Å². The van der Waals surface area contributed by atoms with E-state index in [1.807, 2.05) is 13.8 Å². The van der Waals surface area contributed by atoms with Crippen LogP contribution in [0.1, 0.15) is 27.2 Å². The largest absolute Gasteiger partial charge is 0.397 e. The molecule has 1 atom stereocenters. The third-order valence-corrected chi connectivity index (χ3v) is 4.23. The molecule has 0 aliphatic rings. The molecule has 1 aromatic rings. The number of rotatable bonds is 6. The molecular formula is C12H21N3O2S. The van der Waals surface area contributed by atoms with E-state index in [0.717, 1.165) is 6.42 Å². The van der Waals surface area contributed by atoms with Crippen LogP contribution in [-0.2, 0) is 10.0 Å². The van der Waals surface area contributed by atoms with E-state index < -0.39 is 10.0 Å². The van der Waals surface area contributed by atoms with Crippen molar-refractivity contribution in [3.05, 3.63) is 18.2 Å². The predicted octanol–water partition coefficient (Wildman–Crippen LogP) is 1.78. The molecule has 0 aliphatic carbocycles. The van der Waals surface area contributed by atoms with Crippen LogP contribution in [0.3, 0.4) is 0 Å². The van der Waals surface area contributed by atoms with Crippen LogP contribution < -0.4 is 15.8 Å². The van der Waals surface area contributed by atoms with E-state index in [-0.39, 0.29) is 10.9 Å². The molecule has 6 heteroatoms. The zero-order chi connectivity index (χ0) is 13.8. The fourth-order valence-corrected chi connectivity index (χ4v) is 2.54. The third kappa shape index (κ3) is 3.61. The van der Waals surface area contributed by atoms with Crippen molar-refractivity contribution in [2.75, 3.05) is 17.6 Å². The normalized spacial score (nSPS) is 13.3. The van der Waals surface area contributed by atoms with Gasteiger partial charge in [0.1, 0.15) is 0 Å². The first-order valence-electron chi connectivity index (χ1n) is 6.06. The fourth-order valence-electron chi connectivity index (χ4n) is 1.47. The molecule has 0 fully saturated rings. The van der Waals surface area contributed by atoms with Gasteiger partial charge in [-0.3, -0.25) is 0 Å². The lowest BCUT2D eigenvalue weighted by molar-refractivity contribution is 0.584. The van der Waals surface area contributed by atoms with Crippen molar-refractivity contribution in [2.45, 2.75) is 38.1 Å². The summed E-state index contributed by atoms with van der Waals surface area (Å²) in [5, 5.41) is 3.20. The van der Waals surface area contributed by atoms with Crippen LogP contribution in [0.2, 0.25) is 0 Å². The Morgan fingerprint density at radius 1 is 1.33 bits per heavy atom. The highest BCUT2D eigenvalue weighted by Gasteiger charge is 2.14. The highest BCUT2D eigenvalue weighted by molar-refractivity contribution is 7.89. The van der Waals surface area contributed by atoms with E-state index in [0.29, 0.717) is 17.9 Å². The first-order chi connectivity index (χ1) is 8.40. The molecule has 1 rings (SSSR count). The van der Waals surface area contributed by atoms with Crippen LogP contribution in [-0.4, -0.2) is 21.0 Å². The van der Waals surface area contributed by atoms with Crippen LogP contribution in [0.4, 0.5) is 11.4 Å². The second kappa shape index (κ2) is 6.06. The van der Waals surface area contributed by atoms with Crippen molar-refractivity contribution in [3.63, 3.8) is 0 Å². The lowest BCUT2D eigenvalue weighted by Crippen LogP contribution is -2.23. The highest BCUT2D eigenvalue weighted by Crippen LogP contribution is 2.23. The van der Waals surface area contributed by atoms with Gasteiger partial charge in [0.05, 0.1) is 16.3 Å². The van der Waals surface area contributed by atoms with E-state index in [9.17, 15) is 8.42 Å². The van der Waals surface area contributed by atoms with Crippen LogP contribution in [0.15, 0.2) is 23.1 Å². The first-order valence-corrected chi connectivity index (χ1v) is 7.54. The molecule has 0 radical (unpaired) electrons. The van der Waals surface area contributed by atoms with Crippen LogP contribution in [0, 0.1) is 0 Å². The summed E-state index contributed by atoms with van der Waals surface area (Å²) in [6.45, 7) is 6.17. The van der Waals surface area contributed by atoms with E-state index in [4.69, 9.17) is 5.73 Å². The highest BCUT2D eigenvalue weighted by atomic mass is 32.2. The molecule has 18 heavy (non-hydrogen) atoms. The maximum atomic E-state index is 11.9.